The molecule has 2 atom stereocenters. The van der Waals surface area contributed by atoms with Gasteiger partial charge >= 0.3 is 0 Å². The predicted molar refractivity (Wildman–Crippen MR) is 89.0 cm³/mol. The van der Waals surface area contributed by atoms with Gasteiger partial charge in [-0.05, 0) is 45.3 Å². The molecule has 0 amide bonds. The second-order valence-corrected chi connectivity index (χ2v) is 6.78. The average Bonchev–Trinajstić information content (AvgIpc) is 2.43. The normalized spacial score (nSPS) is 15.2. The van der Waals surface area contributed by atoms with E-state index in [2.05, 4.69) is 51.9 Å². The highest BCUT2D eigenvalue weighted by Crippen LogP contribution is 2.28. The quantitative estimate of drug-likeness (QED) is 0.771. The lowest BCUT2D eigenvalue weighted by atomic mass is 9.84. The summed E-state index contributed by atoms with van der Waals surface area (Å²) in [7, 11) is 2.07. The molecule has 0 radical (unpaired) electrons. The van der Waals surface area contributed by atoms with Crippen LogP contribution in [0.2, 0.25) is 0 Å². The fourth-order valence-corrected chi connectivity index (χ4v) is 2.61. The van der Waals surface area contributed by atoms with Crippen LogP contribution >= 0.6 is 0 Å². The Morgan fingerprint density at radius 1 is 1.24 bits per heavy atom. The number of rotatable bonds is 8. The van der Waals surface area contributed by atoms with Gasteiger partial charge in [-0.2, -0.15) is 0 Å². The summed E-state index contributed by atoms with van der Waals surface area (Å²) in [6.07, 6.45) is 1.14. The molecule has 0 heterocycles. The SMILES string of the molecule is CCCNC(C)C(C)(C)CN(C)C(C)c1ccccc1F. The van der Waals surface area contributed by atoms with Gasteiger partial charge in [0, 0.05) is 24.2 Å². The van der Waals surface area contributed by atoms with Gasteiger partial charge < -0.3 is 5.32 Å². The highest BCUT2D eigenvalue weighted by molar-refractivity contribution is 5.20. The monoisotopic (exact) mass is 294 g/mol. The molecule has 0 saturated heterocycles. The van der Waals surface area contributed by atoms with Crippen molar-refractivity contribution in [2.75, 3.05) is 20.1 Å². The van der Waals surface area contributed by atoms with Crippen LogP contribution in [0.25, 0.3) is 0 Å². The van der Waals surface area contributed by atoms with Crippen molar-refractivity contribution in [1.82, 2.24) is 10.2 Å². The first-order valence-electron chi connectivity index (χ1n) is 7.97. The molecule has 120 valence electrons. The van der Waals surface area contributed by atoms with Gasteiger partial charge in [-0.25, -0.2) is 4.39 Å². The van der Waals surface area contributed by atoms with Crippen molar-refractivity contribution in [2.45, 2.75) is 53.1 Å². The lowest BCUT2D eigenvalue weighted by Crippen LogP contribution is -2.46. The van der Waals surface area contributed by atoms with Crippen molar-refractivity contribution in [2.24, 2.45) is 5.41 Å². The molecule has 1 rings (SSSR count). The number of nitrogens with one attached hydrogen (secondary N) is 1. The van der Waals surface area contributed by atoms with E-state index >= 15 is 0 Å². The largest absolute Gasteiger partial charge is 0.314 e. The van der Waals surface area contributed by atoms with Crippen molar-refractivity contribution in [3.05, 3.63) is 35.6 Å². The molecule has 0 aliphatic heterocycles. The van der Waals surface area contributed by atoms with Crippen LogP contribution in [0.5, 0.6) is 0 Å². The van der Waals surface area contributed by atoms with Crippen LogP contribution in [-0.2, 0) is 0 Å². The summed E-state index contributed by atoms with van der Waals surface area (Å²) in [5.74, 6) is -0.119. The van der Waals surface area contributed by atoms with Crippen LogP contribution in [0.1, 0.15) is 52.6 Å². The van der Waals surface area contributed by atoms with Crippen LogP contribution in [0, 0.1) is 11.2 Å². The van der Waals surface area contributed by atoms with E-state index in [4.69, 9.17) is 0 Å². The van der Waals surface area contributed by atoms with Crippen LogP contribution in [0.4, 0.5) is 4.39 Å². The van der Waals surface area contributed by atoms with E-state index in [-0.39, 0.29) is 17.3 Å². The third-order valence-corrected chi connectivity index (χ3v) is 4.55. The van der Waals surface area contributed by atoms with Gasteiger partial charge in [0.2, 0.25) is 0 Å². The standard InChI is InChI=1S/C18H31FN2/c1-7-12-20-15(3)18(4,5)13-21(6)14(2)16-10-8-9-11-17(16)19/h8-11,14-15,20H,7,12-13H2,1-6H3. The molecule has 0 aromatic heterocycles. The Morgan fingerprint density at radius 2 is 1.86 bits per heavy atom. The Balaban J connectivity index is 2.71. The van der Waals surface area contributed by atoms with Crippen molar-refractivity contribution in [3.8, 4) is 0 Å². The molecule has 21 heavy (non-hydrogen) atoms. The van der Waals surface area contributed by atoms with Gasteiger partial charge in [0.05, 0.1) is 0 Å². The highest BCUT2D eigenvalue weighted by Gasteiger charge is 2.29. The number of benzene rings is 1. The van der Waals surface area contributed by atoms with E-state index in [1.165, 1.54) is 6.07 Å². The minimum Gasteiger partial charge on any atom is -0.314 e. The maximum atomic E-state index is 13.9. The van der Waals surface area contributed by atoms with E-state index < -0.39 is 0 Å². The van der Waals surface area contributed by atoms with Crippen molar-refractivity contribution in [3.63, 3.8) is 0 Å². The third-order valence-electron chi connectivity index (χ3n) is 4.55. The first-order chi connectivity index (χ1) is 9.79. The number of nitrogens with zero attached hydrogens (tertiary/aromatic N) is 1. The molecule has 0 aliphatic rings. The third kappa shape index (κ3) is 5.08. The lowest BCUT2D eigenvalue weighted by Gasteiger charge is -2.38. The summed E-state index contributed by atoms with van der Waals surface area (Å²) in [6, 6.07) is 7.56. The van der Waals surface area contributed by atoms with Crippen molar-refractivity contribution < 1.29 is 4.39 Å². The molecule has 1 N–H and O–H groups in total. The van der Waals surface area contributed by atoms with Crippen molar-refractivity contribution in [1.29, 1.82) is 0 Å². The molecular formula is C18H31FN2. The molecule has 0 bridgehead atoms. The van der Waals surface area contributed by atoms with Crippen molar-refractivity contribution >= 4 is 0 Å². The summed E-state index contributed by atoms with van der Waals surface area (Å²) < 4.78 is 13.9. The minimum absolute atomic E-state index is 0.0730. The Labute approximate surface area is 129 Å². The summed E-state index contributed by atoms with van der Waals surface area (Å²) in [6.45, 7) is 13.0. The van der Waals surface area contributed by atoms with Crippen LogP contribution < -0.4 is 5.32 Å². The molecule has 0 spiro atoms. The lowest BCUT2D eigenvalue weighted by molar-refractivity contribution is 0.134. The van der Waals surface area contributed by atoms with Crippen LogP contribution in [-0.4, -0.2) is 31.1 Å². The van der Waals surface area contributed by atoms with E-state index in [0.717, 1.165) is 25.1 Å². The van der Waals surface area contributed by atoms with E-state index in [1.807, 2.05) is 12.1 Å². The molecule has 0 fully saturated rings. The highest BCUT2D eigenvalue weighted by atomic mass is 19.1. The molecule has 2 nitrogen and oxygen atoms in total. The van der Waals surface area contributed by atoms with Gasteiger partial charge in [0.25, 0.3) is 0 Å². The second-order valence-electron chi connectivity index (χ2n) is 6.78. The molecule has 3 heteroatoms. The summed E-state index contributed by atoms with van der Waals surface area (Å²) in [4.78, 5) is 2.24. The maximum Gasteiger partial charge on any atom is 0.127 e. The van der Waals surface area contributed by atoms with Gasteiger partial charge in [0.15, 0.2) is 0 Å². The Morgan fingerprint density at radius 3 is 2.43 bits per heavy atom. The van der Waals surface area contributed by atoms with Crippen LogP contribution in [0.3, 0.4) is 0 Å². The van der Waals surface area contributed by atoms with Gasteiger partial charge in [-0.3, -0.25) is 4.90 Å². The number of hydrogen-bond acceptors (Lipinski definition) is 2. The maximum absolute atomic E-state index is 13.9. The smallest absolute Gasteiger partial charge is 0.127 e. The predicted octanol–water partition coefficient (Wildman–Crippen LogP) is 4.23. The number of hydrogen-bond donors (Lipinski definition) is 1. The first kappa shape index (κ1) is 18.1. The van der Waals surface area contributed by atoms with E-state index in [0.29, 0.717) is 6.04 Å². The van der Waals surface area contributed by atoms with E-state index in [9.17, 15) is 4.39 Å². The summed E-state index contributed by atoms with van der Waals surface area (Å²) in [5, 5.41) is 3.57. The van der Waals surface area contributed by atoms with E-state index in [1.54, 1.807) is 6.07 Å². The fourth-order valence-electron chi connectivity index (χ4n) is 2.61. The topological polar surface area (TPSA) is 15.3 Å². The van der Waals surface area contributed by atoms with Gasteiger partial charge in [-0.1, -0.05) is 39.0 Å². The Kier molecular flexibility index (Phi) is 6.82. The Hall–Kier alpha value is -0.930. The molecule has 0 saturated carbocycles. The second kappa shape index (κ2) is 7.90. The summed E-state index contributed by atoms with van der Waals surface area (Å²) >= 11 is 0. The molecule has 1 aromatic carbocycles. The fraction of sp³-hybridized carbons (Fsp3) is 0.667. The zero-order valence-electron chi connectivity index (χ0n) is 14.4. The first-order valence-corrected chi connectivity index (χ1v) is 7.97. The molecule has 2 unspecified atom stereocenters. The van der Waals surface area contributed by atoms with Gasteiger partial charge in [0.1, 0.15) is 5.82 Å². The van der Waals surface area contributed by atoms with Gasteiger partial charge in [-0.15, -0.1) is 0 Å². The molecule has 1 aromatic rings. The average molecular weight is 294 g/mol. The zero-order valence-corrected chi connectivity index (χ0v) is 14.4. The molecule has 0 aliphatic carbocycles. The molecular weight excluding hydrogens is 263 g/mol. The number of halogens is 1. The Bertz CT molecular complexity index is 431. The van der Waals surface area contributed by atoms with Crippen LogP contribution in [0.15, 0.2) is 24.3 Å². The zero-order chi connectivity index (χ0) is 16.0. The summed E-state index contributed by atoms with van der Waals surface area (Å²) in [5.41, 5.74) is 0.897. The minimum atomic E-state index is -0.119.